The first kappa shape index (κ1) is 13.4. The molecule has 1 aliphatic carbocycles. The number of aromatic nitrogens is 2. The Bertz CT molecular complexity index is 590. The molecule has 1 aliphatic heterocycles. The van der Waals surface area contributed by atoms with Crippen molar-refractivity contribution in [2.75, 3.05) is 19.5 Å². The van der Waals surface area contributed by atoms with Crippen LogP contribution < -0.4 is 0 Å². The molecule has 2 heterocycles. The Labute approximate surface area is 119 Å². The highest BCUT2D eigenvalue weighted by Crippen LogP contribution is 2.59. The van der Waals surface area contributed by atoms with E-state index in [9.17, 15) is 8.42 Å². The first-order valence-electron chi connectivity index (χ1n) is 5.79. The van der Waals surface area contributed by atoms with E-state index < -0.39 is 15.7 Å². The summed E-state index contributed by atoms with van der Waals surface area (Å²) in [6.07, 6.45) is 5.40. The van der Waals surface area contributed by atoms with Crippen LogP contribution in [0.25, 0.3) is 0 Å². The van der Waals surface area contributed by atoms with Crippen LogP contribution in [0.15, 0.2) is 16.9 Å². The van der Waals surface area contributed by atoms with Gasteiger partial charge in [0.05, 0.1) is 23.9 Å². The van der Waals surface area contributed by atoms with E-state index in [-0.39, 0.29) is 5.41 Å². The van der Waals surface area contributed by atoms with Gasteiger partial charge in [0.15, 0.2) is 5.82 Å². The van der Waals surface area contributed by atoms with Crippen molar-refractivity contribution >= 4 is 26.0 Å². The average molecular weight is 349 g/mol. The second-order valence-electron chi connectivity index (χ2n) is 5.35. The predicted octanol–water partition coefficient (Wildman–Crippen LogP) is 1.22. The Balaban J connectivity index is 1.91. The largest absolute Gasteiger partial charge is 0.380 e. The van der Waals surface area contributed by atoms with Gasteiger partial charge in [0, 0.05) is 17.8 Å². The molecule has 2 fully saturated rings. The maximum absolute atomic E-state index is 11.5. The van der Waals surface area contributed by atoms with E-state index in [1.807, 2.05) is 0 Å². The molecule has 0 bridgehead atoms. The zero-order valence-corrected chi connectivity index (χ0v) is 12.7. The van der Waals surface area contributed by atoms with Crippen molar-refractivity contribution in [2.45, 2.75) is 18.4 Å². The quantitative estimate of drug-likeness (QED) is 0.764. The molecule has 0 radical (unpaired) electrons. The molecule has 19 heavy (non-hydrogen) atoms. The molecule has 1 spiro atoms. The van der Waals surface area contributed by atoms with Crippen LogP contribution in [0.2, 0.25) is 0 Å². The van der Waals surface area contributed by atoms with Crippen molar-refractivity contribution in [1.29, 1.82) is 0 Å². The Kier molecular flexibility index (Phi) is 2.97. The molecule has 0 N–H and O–H groups in total. The molecule has 1 saturated carbocycles. The smallest absolute Gasteiger partial charge is 0.265 e. The van der Waals surface area contributed by atoms with Gasteiger partial charge in [-0.05, 0) is 28.8 Å². The van der Waals surface area contributed by atoms with Crippen LogP contribution in [0.5, 0.6) is 0 Å². The Morgan fingerprint density at radius 3 is 2.32 bits per heavy atom. The van der Waals surface area contributed by atoms with Gasteiger partial charge in [0.1, 0.15) is 5.60 Å². The van der Waals surface area contributed by atoms with Crippen LogP contribution in [0, 0.1) is 5.41 Å². The van der Waals surface area contributed by atoms with E-state index in [0.717, 1.165) is 10.7 Å². The molecule has 0 aromatic carbocycles. The van der Waals surface area contributed by atoms with E-state index in [0.29, 0.717) is 31.9 Å². The minimum Gasteiger partial charge on any atom is -0.380 e. The van der Waals surface area contributed by atoms with E-state index in [1.165, 1.54) is 0 Å². The summed E-state index contributed by atoms with van der Waals surface area (Å²) in [4.78, 5) is 8.38. The van der Waals surface area contributed by atoms with Gasteiger partial charge in [0.2, 0.25) is 0 Å². The first-order valence-corrected chi connectivity index (χ1v) is 8.40. The van der Waals surface area contributed by atoms with Gasteiger partial charge in [0.25, 0.3) is 10.1 Å². The standard InChI is InChI=1S/C11H13BrN2O4S/c1-19(15,16)18-11(4-10(5-11)6-17-7-10)9-13-2-8(12)3-14-9/h2-3H,4-7H2,1H3. The summed E-state index contributed by atoms with van der Waals surface area (Å²) in [7, 11) is -3.57. The number of nitrogens with zero attached hydrogens (tertiary/aromatic N) is 2. The fraction of sp³-hybridized carbons (Fsp3) is 0.636. The van der Waals surface area contributed by atoms with Gasteiger partial charge in [-0.2, -0.15) is 8.42 Å². The van der Waals surface area contributed by atoms with Crippen LogP contribution in [0.4, 0.5) is 0 Å². The Hall–Kier alpha value is -0.570. The van der Waals surface area contributed by atoms with Crippen LogP contribution in [0.3, 0.4) is 0 Å². The number of ether oxygens (including phenoxy) is 1. The van der Waals surface area contributed by atoms with Gasteiger partial charge in [-0.15, -0.1) is 0 Å². The Morgan fingerprint density at radius 1 is 1.32 bits per heavy atom. The molecule has 1 aromatic heterocycles. The summed E-state index contributed by atoms with van der Waals surface area (Å²) in [5.74, 6) is 0.415. The second kappa shape index (κ2) is 4.21. The number of hydrogen-bond acceptors (Lipinski definition) is 6. The fourth-order valence-corrected chi connectivity index (χ4v) is 3.82. The summed E-state index contributed by atoms with van der Waals surface area (Å²) in [5, 5.41) is 0. The van der Waals surface area contributed by atoms with Crippen molar-refractivity contribution in [3.63, 3.8) is 0 Å². The van der Waals surface area contributed by atoms with Gasteiger partial charge < -0.3 is 4.74 Å². The molecule has 3 rings (SSSR count). The molecule has 104 valence electrons. The van der Waals surface area contributed by atoms with E-state index >= 15 is 0 Å². The number of halogens is 1. The molecular weight excluding hydrogens is 336 g/mol. The normalized spacial score (nSPS) is 23.7. The SMILES string of the molecule is CS(=O)(=O)OC1(c2ncc(Br)cn2)CC2(COC2)C1. The summed E-state index contributed by atoms with van der Waals surface area (Å²) >= 11 is 3.26. The van der Waals surface area contributed by atoms with Crippen molar-refractivity contribution in [3.8, 4) is 0 Å². The number of hydrogen-bond donors (Lipinski definition) is 0. The molecule has 0 unspecified atom stereocenters. The minimum atomic E-state index is -3.57. The van der Waals surface area contributed by atoms with Crippen LogP contribution in [-0.2, 0) is 24.6 Å². The van der Waals surface area contributed by atoms with Crippen LogP contribution in [0.1, 0.15) is 18.7 Å². The van der Waals surface area contributed by atoms with Gasteiger partial charge >= 0.3 is 0 Å². The van der Waals surface area contributed by atoms with Crippen molar-refractivity contribution in [2.24, 2.45) is 5.41 Å². The number of rotatable bonds is 3. The first-order chi connectivity index (χ1) is 8.83. The maximum Gasteiger partial charge on any atom is 0.265 e. The lowest BCUT2D eigenvalue weighted by Crippen LogP contribution is -2.61. The highest BCUT2D eigenvalue weighted by atomic mass is 79.9. The molecule has 2 aliphatic rings. The van der Waals surface area contributed by atoms with Crippen molar-refractivity contribution in [1.82, 2.24) is 9.97 Å². The van der Waals surface area contributed by atoms with Crippen molar-refractivity contribution < 1.29 is 17.3 Å². The molecule has 6 nitrogen and oxygen atoms in total. The van der Waals surface area contributed by atoms with E-state index in [1.54, 1.807) is 12.4 Å². The monoisotopic (exact) mass is 348 g/mol. The van der Waals surface area contributed by atoms with Gasteiger partial charge in [-0.1, -0.05) is 0 Å². The zero-order valence-electron chi connectivity index (χ0n) is 10.3. The van der Waals surface area contributed by atoms with Crippen LogP contribution >= 0.6 is 15.9 Å². The molecule has 1 saturated heterocycles. The lowest BCUT2D eigenvalue weighted by Gasteiger charge is -2.57. The lowest BCUT2D eigenvalue weighted by atomic mass is 9.57. The second-order valence-corrected chi connectivity index (χ2v) is 7.84. The zero-order chi connectivity index (χ0) is 13.7. The third-order valence-electron chi connectivity index (χ3n) is 3.48. The highest BCUT2D eigenvalue weighted by Gasteiger charge is 2.63. The maximum atomic E-state index is 11.5. The molecule has 8 heteroatoms. The molecule has 1 aromatic rings. The van der Waals surface area contributed by atoms with E-state index in [2.05, 4.69) is 25.9 Å². The van der Waals surface area contributed by atoms with E-state index in [4.69, 9.17) is 8.92 Å². The van der Waals surface area contributed by atoms with Gasteiger partial charge in [-0.25, -0.2) is 9.97 Å². The summed E-state index contributed by atoms with van der Waals surface area (Å²) in [6, 6.07) is 0. The molecular formula is C11H13BrN2O4S. The average Bonchev–Trinajstić information content (AvgIpc) is 2.20. The molecule has 0 atom stereocenters. The summed E-state index contributed by atoms with van der Waals surface area (Å²) in [6.45, 7) is 1.30. The molecule has 0 amide bonds. The fourth-order valence-electron chi connectivity index (χ4n) is 2.85. The third-order valence-corrected chi connectivity index (χ3v) is 4.51. The Morgan fingerprint density at radius 2 is 1.89 bits per heavy atom. The van der Waals surface area contributed by atoms with Crippen molar-refractivity contribution in [3.05, 3.63) is 22.7 Å². The third kappa shape index (κ3) is 2.42. The summed E-state index contributed by atoms with van der Waals surface area (Å²) in [5.41, 5.74) is -0.890. The summed E-state index contributed by atoms with van der Waals surface area (Å²) < 4.78 is 34.2. The predicted molar refractivity (Wildman–Crippen MR) is 69.8 cm³/mol. The lowest BCUT2D eigenvalue weighted by molar-refractivity contribution is -0.236. The minimum absolute atomic E-state index is 0.0428. The van der Waals surface area contributed by atoms with Crippen LogP contribution in [-0.4, -0.2) is 37.9 Å². The highest BCUT2D eigenvalue weighted by molar-refractivity contribution is 9.10. The van der Waals surface area contributed by atoms with Gasteiger partial charge in [-0.3, -0.25) is 4.18 Å². The topological polar surface area (TPSA) is 78.4 Å².